The van der Waals surface area contributed by atoms with Crippen LogP contribution in [0, 0.1) is 0 Å². The summed E-state index contributed by atoms with van der Waals surface area (Å²) in [6.07, 6.45) is 0.920. The third-order valence-corrected chi connectivity index (χ3v) is 3.64. The fourth-order valence-corrected chi connectivity index (χ4v) is 2.33. The van der Waals surface area contributed by atoms with Crippen molar-refractivity contribution in [2.45, 2.75) is 25.8 Å². The van der Waals surface area contributed by atoms with Gasteiger partial charge in [0.15, 0.2) is 0 Å². The number of rotatable bonds is 2. The number of Topliss-reactive ketones (excluding diaryl/α,β-unsaturated/α-hetero) is 1. The summed E-state index contributed by atoms with van der Waals surface area (Å²) in [4.78, 5) is 38.3. The molecule has 0 aromatic rings. The molecule has 2 fully saturated rings. The number of carbonyl (C=O) groups is 3. The molecule has 2 aliphatic rings. The SMILES string of the molecule is CC1C(=O)NCCN1CC(=O)N1CCC(=O)CC1. The Bertz CT molecular complexity index is 360. The van der Waals surface area contributed by atoms with E-state index in [0.29, 0.717) is 39.0 Å². The molecular formula is C12H19N3O3. The van der Waals surface area contributed by atoms with Gasteiger partial charge in [-0.15, -0.1) is 0 Å². The van der Waals surface area contributed by atoms with Crippen molar-refractivity contribution in [2.24, 2.45) is 0 Å². The van der Waals surface area contributed by atoms with Gasteiger partial charge >= 0.3 is 0 Å². The van der Waals surface area contributed by atoms with Crippen LogP contribution in [0.3, 0.4) is 0 Å². The number of carbonyl (C=O) groups excluding carboxylic acids is 3. The topological polar surface area (TPSA) is 69.7 Å². The summed E-state index contributed by atoms with van der Waals surface area (Å²) >= 11 is 0. The van der Waals surface area contributed by atoms with Gasteiger partial charge in [-0.25, -0.2) is 0 Å². The van der Waals surface area contributed by atoms with Gasteiger partial charge in [0.1, 0.15) is 5.78 Å². The van der Waals surface area contributed by atoms with E-state index in [4.69, 9.17) is 0 Å². The molecule has 2 aliphatic heterocycles. The molecule has 18 heavy (non-hydrogen) atoms. The van der Waals surface area contributed by atoms with Crippen molar-refractivity contribution >= 4 is 17.6 Å². The zero-order valence-corrected chi connectivity index (χ0v) is 10.6. The number of nitrogens with zero attached hydrogens (tertiary/aromatic N) is 2. The minimum atomic E-state index is -0.255. The summed E-state index contributed by atoms with van der Waals surface area (Å²) in [5.74, 6) is 0.219. The number of nitrogens with one attached hydrogen (secondary N) is 1. The summed E-state index contributed by atoms with van der Waals surface area (Å²) in [5.41, 5.74) is 0. The number of likely N-dealkylation sites (tertiary alicyclic amines) is 1. The molecule has 0 aromatic heterocycles. The average molecular weight is 253 g/mol. The maximum Gasteiger partial charge on any atom is 0.237 e. The summed E-state index contributed by atoms with van der Waals surface area (Å²) in [7, 11) is 0. The fraction of sp³-hybridized carbons (Fsp3) is 0.750. The molecule has 0 aromatic carbocycles. The van der Waals surface area contributed by atoms with Crippen molar-refractivity contribution in [1.82, 2.24) is 15.1 Å². The molecular weight excluding hydrogens is 234 g/mol. The van der Waals surface area contributed by atoms with Gasteiger partial charge in [-0.05, 0) is 6.92 Å². The lowest BCUT2D eigenvalue weighted by molar-refractivity contribution is -0.137. The van der Waals surface area contributed by atoms with Gasteiger partial charge in [-0.1, -0.05) is 0 Å². The van der Waals surface area contributed by atoms with Gasteiger partial charge in [0.05, 0.1) is 12.6 Å². The predicted molar refractivity (Wildman–Crippen MR) is 64.9 cm³/mol. The van der Waals surface area contributed by atoms with Crippen LogP contribution in [-0.4, -0.2) is 66.2 Å². The molecule has 0 spiro atoms. The van der Waals surface area contributed by atoms with Gasteiger partial charge in [-0.3, -0.25) is 19.3 Å². The van der Waals surface area contributed by atoms with E-state index in [1.165, 1.54) is 0 Å². The van der Waals surface area contributed by atoms with E-state index in [2.05, 4.69) is 5.32 Å². The number of piperidine rings is 1. The minimum Gasteiger partial charge on any atom is -0.353 e. The lowest BCUT2D eigenvalue weighted by Gasteiger charge is -2.34. The zero-order valence-electron chi connectivity index (χ0n) is 10.6. The number of amides is 2. The highest BCUT2D eigenvalue weighted by Gasteiger charge is 2.29. The van der Waals surface area contributed by atoms with E-state index in [0.717, 1.165) is 0 Å². The van der Waals surface area contributed by atoms with E-state index >= 15 is 0 Å². The largest absolute Gasteiger partial charge is 0.353 e. The normalized spacial score (nSPS) is 26.1. The number of piperazine rings is 1. The number of hydrogen-bond acceptors (Lipinski definition) is 4. The van der Waals surface area contributed by atoms with Crippen LogP contribution in [0.4, 0.5) is 0 Å². The van der Waals surface area contributed by atoms with Crippen molar-refractivity contribution in [2.75, 3.05) is 32.7 Å². The summed E-state index contributed by atoms with van der Waals surface area (Å²) < 4.78 is 0. The highest BCUT2D eigenvalue weighted by Crippen LogP contribution is 2.09. The fourth-order valence-electron chi connectivity index (χ4n) is 2.33. The van der Waals surface area contributed by atoms with Gasteiger partial charge in [0, 0.05) is 39.0 Å². The summed E-state index contributed by atoms with van der Waals surface area (Å²) in [5, 5.41) is 2.77. The Morgan fingerprint density at radius 1 is 1.28 bits per heavy atom. The van der Waals surface area contributed by atoms with E-state index in [1.807, 2.05) is 11.8 Å². The standard InChI is InChI=1S/C12H19N3O3/c1-9-12(18)13-4-7-15(9)8-11(17)14-5-2-10(16)3-6-14/h9H,2-8H2,1H3,(H,13,18). The minimum absolute atomic E-state index is 0.0176. The molecule has 2 heterocycles. The smallest absolute Gasteiger partial charge is 0.237 e. The molecule has 1 atom stereocenters. The summed E-state index contributed by atoms with van der Waals surface area (Å²) in [6.45, 7) is 4.41. The first-order chi connectivity index (χ1) is 8.58. The molecule has 1 unspecified atom stereocenters. The van der Waals surface area contributed by atoms with Crippen LogP contribution in [0.5, 0.6) is 0 Å². The van der Waals surface area contributed by atoms with E-state index in [-0.39, 0.29) is 30.2 Å². The highest BCUT2D eigenvalue weighted by molar-refractivity contribution is 5.86. The monoisotopic (exact) mass is 253 g/mol. The quantitative estimate of drug-likeness (QED) is 0.685. The van der Waals surface area contributed by atoms with Crippen LogP contribution in [0.25, 0.3) is 0 Å². The first-order valence-corrected chi connectivity index (χ1v) is 6.39. The molecule has 0 radical (unpaired) electrons. The molecule has 1 N–H and O–H groups in total. The van der Waals surface area contributed by atoms with Crippen molar-refractivity contribution in [3.05, 3.63) is 0 Å². The Hall–Kier alpha value is -1.43. The number of ketones is 1. The van der Waals surface area contributed by atoms with Crippen LogP contribution in [0.15, 0.2) is 0 Å². The second kappa shape index (κ2) is 5.48. The Balaban J connectivity index is 1.86. The Kier molecular flexibility index (Phi) is 3.96. The third-order valence-electron chi connectivity index (χ3n) is 3.64. The van der Waals surface area contributed by atoms with Gasteiger partial charge < -0.3 is 10.2 Å². The Morgan fingerprint density at radius 3 is 2.61 bits per heavy atom. The Labute approximate surface area is 106 Å². The zero-order chi connectivity index (χ0) is 13.1. The first-order valence-electron chi connectivity index (χ1n) is 6.39. The maximum atomic E-state index is 12.1. The van der Waals surface area contributed by atoms with Crippen LogP contribution < -0.4 is 5.32 Å². The average Bonchev–Trinajstić information content (AvgIpc) is 2.36. The third kappa shape index (κ3) is 2.87. The molecule has 0 bridgehead atoms. The molecule has 0 aliphatic carbocycles. The van der Waals surface area contributed by atoms with Crippen LogP contribution >= 0.6 is 0 Å². The van der Waals surface area contributed by atoms with Crippen LogP contribution in [0.2, 0.25) is 0 Å². The molecule has 100 valence electrons. The van der Waals surface area contributed by atoms with Crippen LogP contribution in [0.1, 0.15) is 19.8 Å². The lowest BCUT2D eigenvalue weighted by atomic mass is 10.1. The van der Waals surface area contributed by atoms with Crippen LogP contribution in [-0.2, 0) is 14.4 Å². The van der Waals surface area contributed by atoms with Gasteiger partial charge in [0.25, 0.3) is 0 Å². The van der Waals surface area contributed by atoms with E-state index < -0.39 is 0 Å². The second-order valence-corrected chi connectivity index (χ2v) is 4.86. The van der Waals surface area contributed by atoms with Crippen molar-refractivity contribution in [3.8, 4) is 0 Å². The van der Waals surface area contributed by atoms with Crippen molar-refractivity contribution in [3.63, 3.8) is 0 Å². The molecule has 2 saturated heterocycles. The first kappa shape index (κ1) is 13.0. The molecule has 6 nitrogen and oxygen atoms in total. The van der Waals surface area contributed by atoms with Crippen molar-refractivity contribution < 1.29 is 14.4 Å². The predicted octanol–water partition coefficient (Wildman–Crippen LogP) is -1.00. The summed E-state index contributed by atoms with van der Waals surface area (Å²) in [6, 6.07) is -0.255. The number of hydrogen-bond donors (Lipinski definition) is 1. The molecule has 2 rings (SSSR count). The van der Waals surface area contributed by atoms with Crippen molar-refractivity contribution in [1.29, 1.82) is 0 Å². The van der Waals surface area contributed by atoms with Gasteiger partial charge in [-0.2, -0.15) is 0 Å². The molecule has 0 saturated carbocycles. The van der Waals surface area contributed by atoms with Gasteiger partial charge in [0.2, 0.25) is 11.8 Å². The van der Waals surface area contributed by atoms with E-state index in [9.17, 15) is 14.4 Å². The second-order valence-electron chi connectivity index (χ2n) is 4.86. The van der Waals surface area contributed by atoms with E-state index in [1.54, 1.807) is 4.90 Å². The molecule has 6 heteroatoms. The molecule has 2 amide bonds. The lowest BCUT2D eigenvalue weighted by Crippen LogP contribution is -2.56. The maximum absolute atomic E-state index is 12.1. The Morgan fingerprint density at radius 2 is 1.94 bits per heavy atom. The highest BCUT2D eigenvalue weighted by atomic mass is 16.2.